The number of carbonyl (C=O) groups is 2. The highest BCUT2D eigenvalue weighted by molar-refractivity contribution is 5.81. The quantitative estimate of drug-likeness (QED) is 0.569. The van der Waals surface area contributed by atoms with E-state index in [0.29, 0.717) is 12.8 Å². The summed E-state index contributed by atoms with van der Waals surface area (Å²) in [6, 6.07) is -0.640. The highest BCUT2D eigenvalue weighted by Gasteiger charge is 2.13. The molecule has 0 rings (SSSR count). The summed E-state index contributed by atoms with van der Waals surface area (Å²) >= 11 is 0. The van der Waals surface area contributed by atoms with Gasteiger partial charge in [-0.2, -0.15) is 0 Å². The van der Waals surface area contributed by atoms with E-state index >= 15 is 0 Å². The van der Waals surface area contributed by atoms with Crippen LogP contribution in [0.1, 0.15) is 33.1 Å². The Morgan fingerprint density at radius 1 is 1.50 bits per heavy atom. The van der Waals surface area contributed by atoms with Crippen LogP contribution in [0.4, 0.5) is 0 Å². The third kappa shape index (κ3) is 5.53. The molecular formula is C9H18N2O3. The van der Waals surface area contributed by atoms with Crippen molar-refractivity contribution in [1.82, 2.24) is 5.32 Å². The van der Waals surface area contributed by atoms with E-state index in [1.54, 1.807) is 6.92 Å². The molecule has 1 amide bonds. The number of amides is 1. The number of carbonyl (C=O) groups excluding carboxylic acids is 1. The molecule has 0 bridgehead atoms. The fraction of sp³-hybridized carbons (Fsp3) is 0.778. The van der Waals surface area contributed by atoms with E-state index in [-0.39, 0.29) is 18.4 Å². The highest BCUT2D eigenvalue weighted by atomic mass is 16.4. The van der Waals surface area contributed by atoms with Crippen LogP contribution in [-0.2, 0) is 9.59 Å². The molecule has 0 aromatic carbocycles. The van der Waals surface area contributed by atoms with Crippen LogP contribution in [-0.4, -0.2) is 29.1 Å². The van der Waals surface area contributed by atoms with E-state index in [0.717, 1.165) is 0 Å². The molecule has 0 fully saturated rings. The molecule has 5 nitrogen and oxygen atoms in total. The Morgan fingerprint density at radius 2 is 2.07 bits per heavy atom. The number of hydrogen-bond acceptors (Lipinski definition) is 3. The number of hydrogen-bond donors (Lipinski definition) is 3. The second-order valence-corrected chi connectivity index (χ2v) is 3.36. The molecular weight excluding hydrogens is 184 g/mol. The van der Waals surface area contributed by atoms with Crippen LogP contribution in [0.15, 0.2) is 0 Å². The number of carboxylic acids is 1. The number of carboxylic acid groups (broad SMARTS) is 1. The minimum atomic E-state index is -0.856. The third-order valence-corrected chi connectivity index (χ3v) is 1.96. The molecule has 0 aliphatic carbocycles. The number of rotatable bonds is 6. The van der Waals surface area contributed by atoms with Crippen molar-refractivity contribution < 1.29 is 14.7 Å². The summed E-state index contributed by atoms with van der Waals surface area (Å²) in [4.78, 5) is 21.5. The second kappa shape index (κ2) is 6.37. The Balaban J connectivity index is 3.76. The maximum atomic E-state index is 11.2. The van der Waals surface area contributed by atoms with Gasteiger partial charge in [0.15, 0.2) is 0 Å². The van der Waals surface area contributed by atoms with Gasteiger partial charge in [-0.25, -0.2) is 0 Å². The molecule has 0 heterocycles. The molecule has 14 heavy (non-hydrogen) atoms. The lowest BCUT2D eigenvalue weighted by atomic mass is 10.1. The second-order valence-electron chi connectivity index (χ2n) is 3.36. The average Bonchev–Trinajstić information content (AvgIpc) is 2.13. The van der Waals surface area contributed by atoms with E-state index in [1.807, 2.05) is 6.92 Å². The lowest BCUT2D eigenvalue weighted by Gasteiger charge is -2.15. The molecule has 0 spiro atoms. The maximum Gasteiger partial charge on any atom is 0.303 e. The minimum Gasteiger partial charge on any atom is -0.481 e. The van der Waals surface area contributed by atoms with Crippen LogP contribution in [0.2, 0.25) is 0 Å². The molecule has 0 aromatic rings. The van der Waals surface area contributed by atoms with Crippen LogP contribution in [0.5, 0.6) is 0 Å². The first-order chi connectivity index (χ1) is 6.47. The normalized spacial score (nSPS) is 14.5. The average molecular weight is 202 g/mol. The predicted molar refractivity (Wildman–Crippen MR) is 52.7 cm³/mol. The van der Waals surface area contributed by atoms with Crippen molar-refractivity contribution in [3.8, 4) is 0 Å². The van der Waals surface area contributed by atoms with Crippen molar-refractivity contribution in [2.75, 3.05) is 0 Å². The van der Waals surface area contributed by atoms with Crippen molar-refractivity contribution in [1.29, 1.82) is 0 Å². The molecule has 0 aliphatic heterocycles. The third-order valence-electron chi connectivity index (χ3n) is 1.96. The van der Waals surface area contributed by atoms with Crippen LogP contribution >= 0.6 is 0 Å². The molecule has 0 saturated heterocycles. The predicted octanol–water partition coefficient (Wildman–Crippen LogP) is 0.0932. The summed E-state index contributed by atoms with van der Waals surface area (Å²) in [5.41, 5.74) is 5.49. The van der Waals surface area contributed by atoms with Gasteiger partial charge in [-0.3, -0.25) is 9.59 Å². The molecule has 2 atom stereocenters. The summed E-state index contributed by atoms with van der Waals surface area (Å²) < 4.78 is 0. The molecule has 0 radical (unpaired) electrons. The van der Waals surface area contributed by atoms with Crippen molar-refractivity contribution in [2.45, 2.75) is 45.2 Å². The van der Waals surface area contributed by atoms with Gasteiger partial charge in [0.1, 0.15) is 0 Å². The summed E-state index contributed by atoms with van der Waals surface area (Å²) in [7, 11) is 0. The lowest BCUT2D eigenvalue weighted by molar-refractivity contribution is -0.137. The van der Waals surface area contributed by atoms with Gasteiger partial charge >= 0.3 is 5.97 Å². The topological polar surface area (TPSA) is 92.4 Å². The van der Waals surface area contributed by atoms with Gasteiger partial charge in [0, 0.05) is 12.5 Å². The first-order valence-electron chi connectivity index (χ1n) is 4.75. The van der Waals surface area contributed by atoms with Crippen molar-refractivity contribution >= 4 is 11.9 Å². The maximum absolute atomic E-state index is 11.2. The summed E-state index contributed by atoms with van der Waals surface area (Å²) in [6.07, 6.45) is 1.07. The van der Waals surface area contributed by atoms with Gasteiger partial charge in [-0.05, 0) is 19.8 Å². The molecule has 0 aromatic heterocycles. The Labute approximate surface area is 83.7 Å². The van der Waals surface area contributed by atoms with Gasteiger partial charge in [-0.15, -0.1) is 0 Å². The number of aliphatic carboxylic acids is 1. The molecule has 4 N–H and O–H groups in total. The molecule has 0 aliphatic rings. The van der Waals surface area contributed by atoms with E-state index < -0.39 is 12.0 Å². The van der Waals surface area contributed by atoms with Gasteiger partial charge < -0.3 is 16.2 Å². The number of nitrogens with one attached hydrogen (secondary N) is 1. The summed E-state index contributed by atoms with van der Waals surface area (Å²) in [5.74, 6) is -1.07. The fourth-order valence-corrected chi connectivity index (χ4v) is 0.947. The van der Waals surface area contributed by atoms with E-state index in [9.17, 15) is 9.59 Å². The zero-order valence-corrected chi connectivity index (χ0v) is 8.62. The zero-order valence-electron chi connectivity index (χ0n) is 8.62. The first kappa shape index (κ1) is 12.9. The zero-order chi connectivity index (χ0) is 11.1. The van der Waals surface area contributed by atoms with Crippen LogP contribution in [0, 0.1) is 0 Å². The van der Waals surface area contributed by atoms with Crippen LogP contribution in [0.25, 0.3) is 0 Å². The van der Waals surface area contributed by atoms with Crippen molar-refractivity contribution in [3.63, 3.8) is 0 Å². The van der Waals surface area contributed by atoms with Gasteiger partial charge in [-0.1, -0.05) is 6.92 Å². The first-order valence-corrected chi connectivity index (χ1v) is 4.75. The van der Waals surface area contributed by atoms with Crippen LogP contribution < -0.4 is 11.1 Å². The van der Waals surface area contributed by atoms with E-state index in [4.69, 9.17) is 10.8 Å². The summed E-state index contributed by atoms with van der Waals surface area (Å²) in [5, 5.41) is 11.1. The van der Waals surface area contributed by atoms with Crippen LogP contribution in [0.3, 0.4) is 0 Å². The largest absolute Gasteiger partial charge is 0.481 e. The van der Waals surface area contributed by atoms with Gasteiger partial charge in [0.2, 0.25) is 5.91 Å². The Hall–Kier alpha value is -1.10. The Bertz CT molecular complexity index is 206. The van der Waals surface area contributed by atoms with Gasteiger partial charge in [0.05, 0.1) is 6.04 Å². The SMILES string of the molecule is CC[C@H](N)C(=O)NC(C)CCC(=O)O. The van der Waals surface area contributed by atoms with Crippen molar-refractivity contribution in [3.05, 3.63) is 0 Å². The Kier molecular flexibility index (Phi) is 5.87. The molecule has 0 saturated carbocycles. The molecule has 5 heteroatoms. The minimum absolute atomic E-state index is 0.0583. The molecule has 1 unspecified atom stereocenters. The van der Waals surface area contributed by atoms with E-state index in [2.05, 4.69) is 5.32 Å². The van der Waals surface area contributed by atoms with Crippen molar-refractivity contribution in [2.24, 2.45) is 5.73 Å². The Morgan fingerprint density at radius 3 is 2.50 bits per heavy atom. The standard InChI is InChI=1S/C9H18N2O3/c1-3-7(10)9(14)11-6(2)4-5-8(12)13/h6-7H,3-5,10H2,1-2H3,(H,11,14)(H,12,13)/t6?,7-/m0/s1. The lowest BCUT2D eigenvalue weighted by Crippen LogP contribution is -2.44. The summed E-state index contributed by atoms with van der Waals surface area (Å²) in [6.45, 7) is 3.59. The van der Waals surface area contributed by atoms with E-state index in [1.165, 1.54) is 0 Å². The highest BCUT2D eigenvalue weighted by Crippen LogP contribution is 1.97. The van der Waals surface area contributed by atoms with Gasteiger partial charge in [0.25, 0.3) is 0 Å². The monoisotopic (exact) mass is 202 g/mol. The molecule has 82 valence electrons. The fourth-order valence-electron chi connectivity index (χ4n) is 0.947. The smallest absolute Gasteiger partial charge is 0.303 e. The number of nitrogens with two attached hydrogens (primary N) is 1.